The number of allylic oxidation sites excluding steroid dienone is 1. The minimum absolute atomic E-state index is 0.0589. The third kappa shape index (κ3) is 4.23. The van der Waals surface area contributed by atoms with E-state index in [4.69, 9.17) is 12.2 Å². The molecule has 0 saturated heterocycles. The molecule has 0 amide bonds. The first kappa shape index (κ1) is 21.9. The van der Waals surface area contributed by atoms with E-state index < -0.39 is 6.04 Å². The second kappa shape index (κ2) is 9.37. The van der Waals surface area contributed by atoms with Gasteiger partial charge in [0.15, 0.2) is 9.74 Å². The Morgan fingerprint density at radius 3 is 2.60 bits per heavy atom. The molecule has 0 bridgehead atoms. The first-order valence-corrected chi connectivity index (χ1v) is 11.1. The van der Waals surface area contributed by atoms with Crippen molar-refractivity contribution in [2.45, 2.75) is 32.7 Å². The molecule has 0 aliphatic carbocycles. The molecule has 2 heterocycles. The number of ketones is 1. The molecule has 154 valence electrons. The van der Waals surface area contributed by atoms with Crippen molar-refractivity contribution in [2.24, 2.45) is 0 Å². The predicted octanol–water partition coefficient (Wildman–Crippen LogP) is 5.15. The highest BCUT2D eigenvalue weighted by Crippen LogP contribution is 2.19. The smallest absolute Gasteiger partial charge is 0.162 e. The zero-order valence-corrected chi connectivity index (χ0v) is 19.0. The molecular weight excluding hydrogens is 408 g/mol. The monoisotopic (exact) mass is 434 g/mol. The number of nitrogens with zero attached hydrogens (tertiary/aromatic N) is 1. The highest BCUT2D eigenvalue weighted by Gasteiger charge is 2.20. The first-order chi connectivity index (χ1) is 14.4. The Balaban J connectivity index is 2.30. The van der Waals surface area contributed by atoms with Crippen molar-refractivity contribution < 1.29 is 4.79 Å². The normalized spacial score (nSPS) is 13.5. The van der Waals surface area contributed by atoms with Gasteiger partial charge in [0.25, 0.3) is 0 Å². The number of Topliss-reactive ketones (excluding diaryl/α,β-unsaturated/α-hetero) is 1. The third-order valence-electron chi connectivity index (χ3n) is 5.09. The topological polar surface area (TPSA) is 37.8 Å². The predicted molar refractivity (Wildman–Crippen MR) is 131 cm³/mol. The van der Waals surface area contributed by atoms with Crippen molar-refractivity contribution in [1.82, 2.24) is 9.55 Å². The largest absolute Gasteiger partial charge is 0.355 e. The third-order valence-corrected chi connectivity index (χ3v) is 6.55. The summed E-state index contributed by atoms with van der Waals surface area (Å²) in [5, 5.41) is 2.47. The van der Waals surface area contributed by atoms with Crippen molar-refractivity contribution >= 4 is 54.6 Å². The van der Waals surface area contributed by atoms with E-state index in [1.54, 1.807) is 6.92 Å². The average Bonchev–Trinajstić information content (AvgIpc) is 3.19. The van der Waals surface area contributed by atoms with E-state index in [-0.39, 0.29) is 5.78 Å². The number of rotatable bonds is 7. The molecule has 30 heavy (non-hydrogen) atoms. The maximum Gasteiger partial charge on any atom is 0.162 e. The number of thiazole rings is 1. The Kier molecular flexibility index (Phi) is 6.85. The molecule has 0 aliphatic heterocycles. The van der Waals surface area contributed by atoms with Crippen LogP contribution in [-0.4, -0.2) is 15.3 Å². The SMILES string of the molecule is C=Cc1c(/C=C\CC)[nH]c(=C)/c1=c1\sc(=S)n(C(Cc2ccccc2)C(C)=O)c1=C. The van der Waals surface area contributed by atoms with Crippen molar-refractivity contribution in [1.29, 1.82) is 0 Å². The first-order valence-electron chi connectivity index (χ1n) is 9.87. The van der Waals surface area contributed by atoms with E-state index in [9.17, 15) is 4.79 Å². The lowest BCUT2D eigenvalue weighted by atomic mass is 10.0. The van der Waals surface area contributed by atoms with E-state index >= 15 is 0 Å². The lowest BCUT2D eigenvalue weighted by Gasteiger charge is -2.16. The van der Waals surface area contributed by atoms with E-state index in [2.05, 4.69) is 37.7 Å². The number of carbonyl (C=O) groups is 1. The Morgan fingerprint density at radius 1 is 1.30 bits per heavy atom. The molecule has 0 radical (unpaired) electrons. The molecule has 5 heteroatoms. The minimum atomic E-state index is -0.392. The fourth-order valence-electron chi connectivity index (χ4n) is 3.61. The number of benzene rings is 1. The fourth-order valence-corrected chi connectivity index (χ4v) is 5.16. The van der Waals surface area contributed by atoms with Gasteiger partial charge in [0.2, 0.25) is 0 Å². The number of H-pyrrole nitrogens is 1. The molecule has 2 aromatic heterocycles. The van der Waals surface area contributed by atoms with Crippen LogP contribution >= 0.6 is 23.6 Å². The van der Waals surface area contributed by atoms with Gasteiger partial charge >= 0.3 is 0 Å². The lowest BCUT2D eigenvalue weighted by Crippen LogP contribution is -2.28. The van der Waals surface area contributed by atoms with Gasteiger partial charge in [-0.25, -0.2) is 0 Å². The molecule has 1 unspecified atom stereocenters. The fraction of sp³-hybridized carbons (Fsp3) is 0.200. The lowest BCUT2D eigenvalue weighted by molar-refractivity contribution is -0.120. The van der Waals surface area contributed by atoms with Crippen molar-refractivity contribution in [3.63, 3.8) is 0 Å². The summed E-state index contributed by atoms with van der Waals surface area (Å²) >= 11 is 7.15. The number of hydrogen-bond donors (Lipinski definition) is 1. The van der Waals surface area contributed by atoms with Crippen LogP contribution in [0.3, 0.4) is 0 Å². The van der Waals surface area contributed by atoms with Crippen molar-refractivity contribution in [2.75, 3.05) is 0 Å². The zero-order valence-electron chi connectivity index (χ0n) is 17.4. The van der Waals surface area contributed by atoms with Crippen LogP contribution in [0.5, 0.6) is 0 Å². The molecule has 1 N–H and O–H groups in total. The number of carbonyl (C=O) groups excluding carboxylic acids is 1. The molecule has 1 atom stereocenters. The molecule has 3 nitrogen and oxygen atoms in total. The highest BCUT2D eigenvalue weighted by molar-refractivity contribution is 7.73. The number of hydrogen-bond acceptors (Lipinski definition) is 3. The molecule has 1 aromatic carbocycles. The van der Waals surface area contributed by atoms with Gasteiger partial charge in [0.1, 0.15) is 0 Å². The summed E-state index contributed by atoms with van der Waals surface area (Å²) in [7, 11) is 0. The van der Waals surface area contributed by atoms with E-state index in [0.29, 0.717) is 10.4 Å². The summed E-state index contributed by atoms with van der Waals surface area (Å²) in [5.74, 6) is 0.0589. The molecular formula is C25H26N2OS2. The van der Waals surface area contributed by atoms with Crippen LogP contribution in [0.2, 0.25) is 0 Å². The molecule has 0 spiro atoms. The van der Waals surface area contributed by atoms with Gasteiger partial charge in [-0.2, -0.15) is 0 Å². The van der Waals surface area contributed by atoms with Gasteiger partial charge in [-0.3, -0.25) is 4.79 Å². The highest BCUT2D eigenvalue weighted by atomic mass is 32.1. The van der Waals surface area contributed by atoms with E-state index in [1.165, 1.54) is 11.3 Å². The standard InChI is InChI=1S/C25H26N2OS2/c1-6-8-14-21-20(7-2)23(16(3)26-21)24-17(4)27(25(29)30-24)22(18(5)28)15-19-12-10-9-11-13-19/h7-14,22,26H,2-4,6,15H2,1,5H3/b14-8-,24-23+. The Labute approximate surface area is 185 Å². The maximum atomic E-state index is 12.6. The van der Waals surface area contributed by atoms with Gasteiger partial charge in [-0.05, 0) is 37.2 Å². The summed E-state index contributed by atoms with van der Waals surface area (Å²) < 4.78 is 3.45. The van der Waals surface area contributed by atoms with Gasteiger partial charge < -0.3 is 9.55 Å². The van der Waals surface area contributed by atoms with Crippen molar-refractivity contribution in [3.05, 3.63) is 84.2 Å². The van der Waals surface area contributed by atoms with E-state index in [1.807, 2.05) is 47.1 Å². The second-order valence-corrected chi connectivity index (χ2v) is 8.79. The summed E-state index contributed by atoms with van der Waals surface area (Å²) in [6, 6.07) is 9.59. The zero-order chi connectivity index (χ0) is 21.8. The quantitative estimate of drug-likeness (QED) is 0.522. The Morgan fingerprint density at radius 2 is 2.00 bits per heavy atom. The molecule has 3 aromatic rings. The van der Waals surface area contributed by atoms with Gasteiger partial charge in [0, 0.05) is 28.2 Å². The Hall–Kier alpha value is -2.76. The molecule has 0 fully saturated rings. The number of nitrogens with one attached hydrogen (secondary N) is 1. The summed E-state index contributed by atoms with van der Waals surface area (Å²) in [6.45, 7) is 16.2. The number of aromatic nitrogens is 2. The summed E-state index contributed by atoms with van der Waals surface area (Å²) in [5.41, 5.74) is 3.02. The summed E-state index contributed by atoms with van der Waals surface area (Å²) in [6.07, 6.45) is 7.47. The van der Waals surface area contributed by atoms with Gasteiger partial charge in [-0.15, -0.1) is 11.3 Å². The van der Waals surface area contributed by atoms with Crippen LogP contribution in [0.15, 0.2) is 43.0 Å². The van der Waals surface area contributed by atoms with Gasteiger partial charge in [-0.1, -0.05) is 69.1 Å². The van der Waals surface area contributed by atoms with Crippen LogP contribution in [0, 0.1) is 13.7 Å². The van der Waals surface area contributed by atoms with Crippen LogP contribution in [0.1, 0.15) is 43.1 Å². The van der Waals surface area contributed by atoms with Crippen molar-refractivity contribution in [3.8, 4) is 0 Å². The average molecular weight is 435 g/mol. The van der Waals surface area contributed by atoms with Gasteiger partial charge in [0.05, 0.1) is 15.9 Å². The summed E-state index contributed by atoms with van der Waals surface area (Å²) in [4.78, 5) is 15.9. The van der Waals surface area contributed by atoms with Crippen LogP contribution in [0.25, 0.3) is 25.3 Å². The number of aromatic amines is 1. The van der Waals surface area contributed by atoms with Crippen LogP contribution in [0.4, 0.5) is 0 Å². The minimum Gasteiger partial charge on any atom is -0.355 e. The second-order valence-electron chi connectivity index (χ2n) is 7.15. The Bertz CT molecular complexity index is 1360. The maximum absolute atomic E-state index is 12.6. The molecule has 0 saturated carbocycles. The van der Waals surface area contributed by atoms with E-state index in [0.717, 1.165) is 43.7 Å². The molecule has 0 aliphatic rings. The van der Waals surface area contributed by atoms with Crippen LogP contribution < -0.4 is 10.7 Å². The molecule has 3 rings (SSSR count). The van der Waals surface area contributed by atoms with Crippen LogP contribution in [-0.2, 0) is 11.2 Å².